The molecule has 0 aliphatic carbocycles. The molecule has 0 bridgehead atoms. The van der Waals surface area contributed by atoms with E-state index in [2.05, 4.69) is 47.9 Å². The number of aliphatic hydroxyl groups is 2. The monoisotopic (exact) mass is 1070 g/mol. The summed E-state index contributed by atoms with van der Waals surface area (Å²) in [6, 6.07) is -5.72. The predicted octanol–water partition coefficient (Wildman–Crippen LogP) is -8.49. The Labute approximate surface area is 435 Å². The summed E-state index contributed by atoms with van der Waals surface area (Å²) in [7, 11) is 0. The minimum atomic E-state index is -1.71. The van der Waals surface area contributed by atoms with Crippen LogP contribution in [0.1, 0.15) is 71.8 Å². The van der Waals surface area contributed by atoms with Gasteiger partial charge in [0, 0.05) is 13.0 Å². The maximum absolute atomic E-state index is 14.3. The Hall–Kier alpha value is -6.44. The summed E-state index contributed by atoms with van der Waals surface area (Å²) in [6.07, 6.45) is -3.88. The lowest BCUT2D eigenvalue weighted by Crippen LogP contribution is -2.62. The summed E-state index contributed by atoms with van der Waals surface area (Å²) in [5.74, 6) is -9.84. The number of carboxylic acid groups (broad SMARTS) is 1. The zero-order valence-corrected chi connectivity index (χ0v) is 43.1. The van der Waals surface area contributed by atoms with Crippen LogP contribution in [0, 0.1) is 5.92 Å². The van der Waals surface area contributed by atoms with E-state index >= 15 is 0 Å². The van der Waals surface area contributed by atoms with E-state index in [0.29, 0.717) is 5.56 Å². The van der Waals surface area contributed by atoms with E-state index in [9.17, 15) is 63.3 Å². The number of hydrogen-bond acceptors (Lipinski definition) is 19. The fourth-order valence-corrected chi connectivity index (χ4v) is 7.25. The van der Waals surface area contributed by atoms with Crippen molar-refractivity contribution in [1.29, 1.82) is 0 Å². The van der Waals surface area contributed by atoms with E-state index < -0.39 is 132 Å². The van der Waals surface area contributed by atoms with Crippen LogP contribution < -0.4 is 88.0 Å². The van der Waals surface area contributed by atoms with Gasteiger partial charge in [0.05, 0.1) is 18.2 Å². The highest BCUT2D eigenvalue weighted by Gasteiger charge is 2.36. The quantitative estimate of drug-likeness (QED) is 0.0297. The van der Waals surface area contributed by atoms with Crippen LogP contribution in [0.15, 0.2) is 30.3 Å². The number of aliphatic carboxylic acids is 1. The van der Waals surface area contributed by atoms with Crippen LogP contribution in [0.2, 0.25) is 0 Å². The molecule has 0 aromatic heterocycles. The van der Waals surface area contributed by atoms with Crippen LogP contribution in [0.5, 0.6) is 0 Å². The van der Waals surface area contributed by atoms with Gasteiger partial charge in [-0.3, -0.25) is 43.2 Å². The van der Waals surface area contributed by atoms with Crippen molar-refractivity contribution in [3.63, 3.8) is 0 Å². The number of carboxylic acids is 1. The molecule has 75 heavy (non-hydrogen) atoms. The molecule has 0 unspecified atom stereocenters. The highest BCUT2D eigenvalue weighted by Crippen LogP contribution is 2.11. The summed E-state index contributed by atoms with van der Waals surface area (Å²) in [4.78, 5) is 134. The van der Waals surface area contributed by atoms with Crippen molar-refractivity contribution in [1.82, 2.24) is 47.9 Å². The molecule has 29 nitrogen and oxygen atoms in total. The Kier molecular flexibility index (Phi) is 31.0. The molecule has 12 atom stereocenters. The van der Waals surface area contributed by atoms with Gasteiger partial charge in [0.15, 0.2) is 6.04 Å². The lowest BCUT2D eigenvalue weighted by Gasteiger charge is -2.29. The number of aliphatic hydroxyl groups excluding tert-OH is 2. The lowest BCUT2D eigenvalue weighted by molar-refractivity contribution is -0.145. The second-order valence-corrected chi connectivity index (χ2v) is 18.3. The summed E-state index contributed by atoms with van der Waals surface area (Å²) in [6.45, 7) is 4.93. The molecule has 424 valence electrons. The van der Waals surface area contributed by atoms with E-state index in [1.807, 2.05) is 0 Å². The van der Waals surface area contributed by atoms with Gasteiger partial charge < -0.3 is 103 Å². The predicted molar refractivity (Wildman–Crippen MR) is 273 cm³/mol. The first-order valence-electron chi connectivity index (χ1n) is 24.7. The molecule has 29 heteroatoms. The van der Waals surface area contributed by atoms with Crippen molar-refractivity contribution in [2.75, 3.05) is 39.3 Å². The Morgan fingerprint density at radius 2 is 0.733 bits per heavy atom. The maximum Gasteiger partial charge on any atom is 0.328 e. The third kappa shape index (κ3) is 23.8. The zero-order valence-electron chi connectivity index (χ0n) is 43.1. The molecule has 0 saturated heterocycles. The van der Waals surface area contributed by atoms with Crippen LogP contribution in [0.4, 0.5) is 0 Å². The van der Waals surface area contributed by atoms with Crippen LogP contribution in [0.3, 0.4) is 0 Å². The van der Waals surface area contributed by atoms with Crippen LogP contribution in [-0.4, -0.2) is 186 Å². The van der Waals surface area contributed by atoms with Crippen LogP contribution in [0.25, 0.3) is 0 Å². The van der Waals surface area contributed by atoms with E-state index in [1.165, 1.54) is 6.92 Å². The van der Waals surface area contributed by atoms with Gasteiger partial charge in [-0.15, -0.1) is 0 Å². The van der Waals surface area contributed by atoms with Gasteiger partial charge in [0.1, 0.15) is 48.3 Å². The van der Waals surface area contributed by atoms with Gasteiger partial charge in [0.2, 0.25) is 53.2 Å². The van der Waals surface area contributed by atoms with Gasteiger partial charge in [-0.05, 0) is 96.6 Å². The molecule has 0 heterocycles. The first kappa shape index (κ1) is 66.6. The summed E-state index contributed by atoms with van der Waals surface area (Å²) < 4.78 is 0. The largest absolute Gasteiger partial charge is 0.480 e. The van der Waals surface area contributed by atoms with Crippen molar-refractivity contribution in [3.8, 4) is 0 Å². The number of amides is 9. The normalized spacial score (nSPS) is 16.0. The molecule has 0 aliphatic rings. The number of nitrogens with two attached hydrogens (primary N) is 7. The molecule has 0 radical (unpaired) electrons. The highest BCUT2D eigenvalue weighted by atomic mass is 16.4. The highest BCUT2D eigenvalue weighted by molar-refractivity contribution is 5.98. The Morgan fingerprint density at radius 1 is 0.427 bits per heavy atom. The average molecular weight is 1070 g/mol. The maximum atomic E-state index is 14.3. The molecule has 1 aromatic carbocycles. The molecule has 0 aliphatic heterocycles. The number of nitrogens with one attached hydrogen (secondary N) is 9. The van der Waals surface area contributed by atoms with E-state index in [1.54, 1.807) is 44.2 Å². The first-order valence-corrected chi connectivity index (χ1v) is 24.7. The van der Waals surface area contributed by atoms with Crippen LogP contribution in [-0.2, 0) is 54.4 Å². The molecule has 9 amide bonds. The number of rotatable bonds is 36. The molecule has 1 rings (SSSR count). The second-order valence-electron chi connectivity index (χ2n) is 18.3. The lowest BCUT2D eigenvalue weighted by atomic mass is 10.00. The first-order chi connectivity index (χ1) is 35.4. The summed E-state index contributed by atoms with van der Waals surface area (Å²) in [5.41, 5.74) is 40.5. The van der Waals surface area contributed by atoms with Crippen molar-refractivity contribution < 1.29 is 63.3 Å². The third-order valence-corrected chi connectivity index (χ3v) is 11.4. The SMILES string of the molecule is CC(C)C[C@H](NC(=O)[C@@H](Cc1ccccc1)NC(=O)[C@H](CCN)NC(=O)[C@H](CCN)NC(=O)[C@H](CCN)NC(=O)[C@@H](NC(=O)[C@@H](N)CN)[C@@H](C)O)C(=O)N[C@@H](CCN)C(=O)N[C@@H](CCN)C(=O)N[C@H](C(=O)O)[C@@H](C)O. The molecule has 1 aromatic rings. The van der Waals surface area contributed by atoms with Crippen LogP contribution >= 0.6 is 0 Å². The van der Waals surface area contributed by atoms with Crippen molar-refractivity contribution in [3.05, 3.63) is 35.9 Å². The van der Waals surface area contributed by atoms with Gasteiger partial charge in [-0.25, -0.2) is 4.79 Å². The van der Waals surface area contributed by atoms with Crippen molar-refractivity contribution in [2.45, 2.75) is 145 Å². The Bertz CT molecular complexity index is 2020. The smallest absolute Gasteiger partial charge is 0.328 e. The van der Waals surface area contributed by atoms with Crippen molar-refractivity contribution >= 4 is 59.1 Å². The number of carbonyl (C=O) groups excluding carboxylic acids is 9. The Balaban J connectivity index is 3.45. The summed E-state index contributed by atoms with van der Waals surface area (Å²) in [5, 5.41) is 51.8. The molecule has 0 spiro atoms. The zero-order chi connectivity index (χ0) is 56.9. The number of carbonyl (C=O) groups is 10. The standard InChI is InChI=1S/C46H82N16O13/c1-23(2)20-33(43(71)57-29(11-16-48)39(67)56-32(14-19-51)42(70)62-36(25(4)64)46(74)75)59-44(72)34(21-26-8-6-5-7-9-26)60-41(69)30(12-17-49)55-38(66)28(10-15-47)54-40(68)31(13-18-50)58-45(73)35(24(3)63)61-37(65)27(53)22-52/h5-9,23-25,27-36,63-64H,10-22,47-53H2,1-4H3,(H,54,68)(H,55,66)(H,56,67)(H,57,71)(H,58,73)(H,59,72)(H,60,69)(H,61,65)(H,62,70)(H,74,75)/t24-,25-,27+,28+,29+,30+,31+,32+,33+,34-,35+,36+/m1/s1. The van der Waals surface area contributed by atoms with E-state index in [4.69, 9.17) is 40.1 Å². The van der Waals surface area contributed by atoms with Gasteiger partial charge in [0.25, 0.3) is 0 Å². The third-order valence-electron chi connectivity index (χ3n) is 11.4. The minimum absolute atomic E-state index is 0.0196. The van der Waals surface area contributed by atoms with Crippen molar-refractivity contribution in [2.24, 2.45) is 46.1 Å². The average Bonchev–Trinajstić information content (AvgIpc) is 3.35. The molecular weight excluding hydrogens is 985 g/mol. The summed E-state index contributed by atoms with van der Waals surface area (Å²) >= 11 is 0. The van der Waals surface area contributed by atoms with Gasteiger partial charge in [-0.2, -0.15) is 0 Å². The fraction of sp³-hybridized carbons (Fsp3) is 0.652. The topological polar surface area (TPSA) is 522 Å². The minimum Gasteiger partial charge on any atom is -0.480 e. The fourth-order valence-electron chi connectivity index (χ4n) is 7.25. The number of hydrogen-bond donors (Lipinski definition) is 19. The Morgan fingerprint density at radius 3 is 1.07 bits per heavy atom. The molecule has 26 N–H and O–H groups in total. The molecule has 0 saturated carbocycles. The van der Waals surface area contributed by atoms with E-state index in [0.717, 1.165) is 6.92 Å². The second kappa shape index (κ2) is 34.9. The molecule has 0 fully saturated rings. The molecular formula is C46H82N16O13. The van der Waals surface area contributed by atoms with Gasteiger partial charge in [-0.1, -0.05) is 44.2 Å². The van der Waals surface area contributed by atoms with E-state index in [-0.39, 0.29) is 90.1 Å². The number of benzene rings is 1. The van der Waals surface area contributed by atoms with Gasteiger partial charge >= 0.3 is 5.97 Å².